The number of carbonyl (C=O) groups excluding carboxylic acids is 5. The number of carboxylic acid groups (broad SMARTS) is 1. The molecule has 0 atom stereocenters. The van der Waals surface area contributed by atoms with E-state index in [2.05, 4.69) is 69.5 Å². The molecule has 0 radical (unpaired) electrons. The first kappa shape index (κ1) is 123. The van der Waals surface area contributed by atoms with Gasteiger partial charge >= 0.3 is 29.7 Å². The van der Waals surface area contributed by atoms with Crippen LogP contribution in [0.25, 0.3) is 64.7 Å². The quantitative estimate of drug-likeness (QED) is 0.00740. The highest BCUT2D eigenvalue weighted by molar-refractivity contribution is 7.90. The van der Waals surface area contributed by atoms with Crippen LogP contribution in [0.15, 0.2) is 151 Å². The molecule has 40 nitrogen and oxygen atoms in total. The van der Waals surface area contributed by atoms with Gasteiger partial charge in [-0.3, -0.25) is 4.79 Å². The van der Waals surface area contributed by atoms with Crippen LogP contribution >= 0.6 is 56.9 Å². The Kier molecular flexibility index (Phi) is 49.3. The smallest absolute Gasteiger partial charge is 0.407 e. The minimum Gasteiger partial charge on any atom is -0.478 e. The zero-order valence-electron chi connectivity index (χ0n) is 87.1. The summed E-state index contributed by atoms with van der Waals surface area (Å²) in [7, 11) is -9.03. The van der Waals surface area contributed by atoms with Crippen molar-refractivity contribution in [3.05, 3.63) is 154 Å². The highest BCUT2D eigenvalue weighted by Crippen LogP contribution is 2.46. The Labute approximate surface area is 898 Å². The highest BCUT2D eigenvalue weighted by atomic mass is 35.5. The molecule has 0 saturated heterocycles. The summed E-state index contributed by atoms with van der Waals surface area (Å²) in [5.41, 5.74) is 14.0. The molecule has 4 saturated carbocycles. The molecule has 4 aliphatic carbocycles. The molecule has 49 heteroatoms. The number of nitrogens with one attached hydrogen (secondary N) is 7. The first-order valence-corrected chi connectivity index (χ1v) is 59.3. The largest absolute Gasteiger partial charge is 0.478 e. The summed E-state index contributed by atoms with van der Waals surface area (Å²) in [6, 6.07) is 19.8. The lowest BCUT2D eigenvalue weighted by atomic mass is 9.86. The Hall–Kier alpha value is -10.1. The van der Waals surface area contributed by atoms with Crippen molar-refractivity contribution < 1.29 is 114 Å². The summed E-state index contributed by atoms with van der Waals surface area (Å²) in [5, 5.41) is 21.9. The number of oxazole rings is 2. The maximum absolute atomic E-state index is 13.1. The van der Waals surface area contributed by atoms with Gasteiger partial charge in [-0.1, -0.05) is 58.0 Å². The van der Waals surface area contributed by atoms with Crippen LogP contribution in [0.3, 0.4) is 0 Å². The standard InChI is InChI=1S/C27H39N3O7S2.C24H30N4O5S2.C22H29N3O6S2.C20H24N4O3S2.C4H7ClO2.C4H11NO2/c1-6-29-39(33,34)24-15-19(22(31)13-14-25(35-4)36-5)9-12-21(24)23-16-28-26(38-23)18-7-10-20(11-8-18)30-27(32)37-17(2)3;1-4-27-35(30,31)21-13-17(22-25-11-12-32-22)7-10-19(21)20-14-26-23(34-20)16-5-8-18(9-6-16)28-24(29)33-15(2)3;1-4-24-33(29,30)19-11-15(21(26)27)7-10-17(19)18-12-23-20(32-18)14-5-8-16(9-6-14)25-22(28)31-13(2)3;1-2-24-29(25,26)18-11-14(19-22-9-10-27-19)5-8-16(18)17-12-23-20(28-17)13-3-6-15(21)7-4-13;1-3(2)7-4(5)6;1-6-4(3-5)7-2/h9,12,15-18,20,25,29H,6-8,10-11,13-14H2,1-5H3,(H,30,32);7,10-16,18,27H,4-6,8-9H2,1-3H3,(H,28,29);7,10-14,16,24H,4-6,8-9H2,1-3H3,(H,25,28)(H,26,27);5,8-13,15,24H,2-4,6-7,21H2,1H3;3H,1-2H3;4H,3,5H2,1-2H3. The topological polar surface area (TPSA) is 573 Å². The van der Waals surface area contributed by atoms with Crippen LogP contribution in [0.5, 0.6) is 0 Å². The van der Waals surface area contributed by atoms with Crippen LogP contribution in [0.1, 0.15) is 263 Å². The van der Waals surface area contributed by atoms with Gasteiger partial charge in [-0.05, 0) is 201 Å². The van der Waals surface area contributed by atoms with Gasteiger partial charge in [0.25, 0.3) is 0 Å². The minimum absolute atomic E-state index is 0.0528. The van der Waals surface area contributed by atoms with E-state index < -0.39 is 70.0 Å². The predicted octanol–water partition coefficient (Wildman–Crippen LogP) is 18.8. The number of methoxy groups -OCH3 is 4. The van der Waals surface area contributed by atoms with Gasteiger partial charge in [-0.25, -0.2) is 106 Å². The zero-order chi connectivity index (χ0) is 110. The van der Waals surface area contributed by atoms with Crippen molar-refractivity contribution in [2.45, 2.75) is 303 Å². The van der Waals surface area contributed by atoms with E-state index in [1.807, 2.05) is 33.8 Å². The Bertz CT molecular complexity index is 6440. The number of ether oxygens (including phenoxy) is 8. The Morgan fingerprint density at radius 2 is 0.693 bits per heavy atom. The second kappa shape index (κ2) is 60.0. The average molecular weight is 2260 g/mol. The summed E-state index contributed by atoms with van der Waals surface area (Å²) < 4.78 is 164. The first-order valence-electron chi connectivity index (χ1n) is 49.7. The lowest BCUT2D eigenvalue weighted by Crippen LogP contribution is -2.38. The molecule has 4 aromatic carbocycles. The minimum atomic E-state index is -3.87. The van der Waals surface area contributed by atoms with Crippen LogP contribution < -0.4 is 46.3 Å². The van der Waals surface area contributed by atoms with Gasteiger partial charge in [-0.15, -0.1) is 45.3 Å². The third-order valence-corrected chi connectivity index (χ3v) is 35.2. The van der Waals surface area contributed by atoms with Crippen LogP contribution in [0, 0.1) is 0 Å². The number of hydrogen-bond acceptors (Lipinski definition) is 36. The fourth-order valence-electron chi connectivity index (χ4n) is 16.8. The number of aromatic carboxylic acids is 1. The number of carbonyl (C=O) groups is 6. The number of halogens is 1. The highest BCUT2D eigenvalue weighted by Gasteiger charge is 2.35. The maximum atomic E-state index is 13.1. The number of thiazole rings is 4. The van der Waals surface area contributed by atoms with Crippen LogP contribution in [0.2, 0.25) is 0 Å². The van der Waals surface area contributed by atoms with Crippen LogP contribution in [-0.4, -0.2) is 226 Å². The fraction of sp³-hybridized carbons (Fsp3) is 0.525. The lowest BCUT2D eigenvalue weighted by Gasteiger charge is -2.28. The second-order valence-electron chi connectivity index (χ2n) is 36.5. The molecule has 4 fully saturated rings. The van der Waals surface area contributed by atoms with E-state index >= 15 is 0 Å². The number of nitrogens with two attached hydrogens (primary N) is 2. The van der Waals surface area contributed by atoms with Gasteiger partial charge in [0, 0.05) is 197 Å². The van der Waals surface area contributed by atoms with Crippen molar-refractivity contribution in [3.8, 4) is 64.7 Å². The molecule has 6 aromatic heterocycles. The van der Waals surface area contributed by atoms with E-state index in [9.17, 15) is 67.5 Å². The third-order valence-electron chi connectivity index (χ3n) is 24.0. The molecule has 150 heavy (non-hydrogen) atoms. The number of ketones is 1. The predicted molar refractivity (Wildman–Crippen MR) is 576 cm³/mol. The first-order chi connectivity index (χ1) is 71.4. The molecular formula is C101H140ClN15O25S8. The SMILES string of the molecule is CC(C)OC(=O)Cl.CCNS(=O)(=O)c1cc(-c2ncco2)ccc1-c1cnc(C2CCC(N)CC2)s1.CCNS(=O)(=O)c1cc(-c2ncco2)ccc1-c1cnc(C2CCC(NC(=O)OC(C)C)CC2)s1.CCNS(=O)(=O)c1cc(C(=O)CCC(OC)OC)ccc1-c1cnc(C2CCC(NC(=O)OC(C)C)CC2)s1.CCNS(=O)(=O)c1cc(C(=O)O)ccc1-c1cnc(C2CCC(NC(=O)OC(C)C)CC2)s1.COC(CN)OC. The number of amides is 3. The van der Waals surface area contributed by atoms with Crippen molar-refractivity contribution in [2.75, 3.05) is 61.2 Å². The molecule has 14 rings (SSSR count). The molecule has 10 aromatic rings. The van der Waals surface area contributed by atoms with Crippen molar-refractivity contribution in [2.24, 2.45) is 11.5 Å². The number of carboxylic acids is 1. The van der Waals surface area contributed by atoms with E-state index in [0.29, 0.717) is 81.0 Å². The molecule has 6 heterocycles. The molecule has 0 aliphatic heterocycles. The summed E-state index contributed by atoms with van der Waals surface area (Å²) in [4.78, 5) is 99.7. The normalized spacial score (nSPS) is 17.9. The molecule has 3 amide bonds. The lowest BCUT2D eigenvalue weighted by molar-refractivity contribution is -0.105. The van der Waals surface area contributed by atoms with E-state index in [1.54, 1.807) is 148 Å². The number of alkyl carbamates (subject to hydrolysis) is 3. The van der Waals surface area contributed by atoms with Crippen LogP contribution in [-0.2, 0) is 78.0 Å². The van der Waals surface area contributed by atoms with E-state index in [4.69, 9.17) is 65.1 Å². The van der Waals surface area contributed by atoms with Gasteiger partial charge in [-0.2, -0.15) is 0 Å². The molecule has 824 valence electrons. The number of aromatic nitrogens is 6. The molecule has 0 bridgehead atoms. The van der Waals surface area contributed by atoms with Gasteiger partial charge in [0.15, 0.2) is 18.4 Å². The Morgan fingerprint density at radius 3 is 0.947 bits per heavy atom. The van der Waals surface area contributed by atoms with Gasteiger partial charge in [0.1, 0.15) is 12.5 Å². The average Bonchev–Trinajstić information content (AvgIpc) is 1.54. The number of sulfonamides is 4. The van der Waals surface area contributed by atoms with E-state index in [1.165, 1.54) is 97.4 Å². The number of rotatable bonds is 39. The number of benzene rings is 4. The zero-order valence-corrected chi connectivity index (χ0v) is 94.4. The molecule has 12 N–H and O–H groups in total. The molecule has 0 spiro atoms. The summed E-state index contributed by atoms with van der Waals surface area (Å²) in [6.45, 7) is 22.7. The molecule has 0 unspecified atom stereocenters. The maximum Gasteiger partial charge on any atom is 0.407 e. The van der Waals surface area contributed by atoms with Crippen molar-refractivity contribution >= 4 is 133 Å². The number of Topliss-reactive ketones (excluding diaryl/α,β-unsaturated/α-hetero) is 1. The van der Waals surface area contributed by atoms with Crippen molar-refractivity contribution in [3.63, 3.8) is 0 Å². The van der Waals surface area contributed by atoms with Crippen LogP contribution in [0.4, 0.5) is 19.2 Å². The monoisotopic (exact) mass is 2250 g/mol. The summed E-state index contributed by atoms with van der Waals surface area (Å²) >= 11 is 10.8. The summed E-state index contributed by atoms with van der Waals surface area (Å²) in [5.74, 6) is 0.470. The Morgan fingerprint density at radius 1 is 0.407 bits per heavy atom. The Balaban J connectivity index is 0.000000213. The van der Waals surface area contributed by atoms with Crippen molar-refractivity contribution in [1.29, 1.82) is 0 Å². The van der Waals surface area contributed by atoms with Gasteiger partial charge in [0.05, 0.1) is 101 Å². The second-order valence-corrected chi connectivity index (χ2v) is 48.0. The summed E-state index contributed by atoms with van der Waals surface area (Å²) in [6.07, 6.45) is 25.1. The number of nitrogens with zero attached hydrogens (tertiary/aromatic N) is 6. The van der Waals surface area contributed by atoms with Crippen molar-refractivity contribution in [1.82, 2.24) is 64.7 Å². The third kappa shape index (κ3) is 37.4. The van der Waals surface area contributed by atoms with E-state index in [-0.39, 0.29) is 136 Å². The van der Waals surface area contributed by atoms with E-state index in [0.717, 1.165) is 137 Å². The fourth-order valence-corrected chi connectivity index (χ4v) is 26.9. The van der Waals surface area contributed by atoms with Gasteiger partial charge < -0.3 is 79.3 Å². The number of hydrogen-bond donors (Lipinski definition) is 10. The molecule has 4 aliphatic rings. The van der Waals surface area contributed by atoms with Gasteiger partial charge in [0.2, 0.25) is 51.9 Å². The molecular weight excluding hydrogens is 2120 g/mol.